The lowest BCUT2D eigenvalue weighted by molar-refractivity contribution is -0.145. The molecule has 3 amide bonds. The van der Waals surface area contributed by atoms with Crippen LogP contribution in [0.1, 0.15) is 54.4 Å². The van der Waals surface area contributed by atoms with E-state index in [-0.39, 0.29) is 31.3 Å². The average molecular weight is 415 g/mol. The second-order valence-electron chi connectivity index (χ2n) is 7.67. The Morgan fingerprint density at radius 2 is 1.48 bits per heavy atom. The maximum atomic E-state index is 12.6. The van der Waals surface area contributed by atoms with Gasteiger partial charge in [-0.3, -0.25) is 24.0 Å². The van der Waals surface area contributed by atoms with E-state index in [2.05, 4.69) is 16.0 Å². The minimum atomic E-state index is -1.21. The van der Waals surface area contributed by atoms with Crippen molar-refractivity contribution < 1.29 is 33.8 Å². The molecular formula is C19H33N3O7. The molecule has 0 bridgehead atoms. The molecule has 0 aromatic rings. The summed E-state index contributed by atoms with van der Waals surface area (Å²) in [7, 11) is 0. The molecule has 0 aromatic heterocycles. The van der Waals surface area contributed by atoms with Gasteiger partial charge < -0.3 is 25.8 Å². The standard InChI is InChI=1S/C19H33N3O7/c1-10(2)9-29-15(24)8-7-14(21-13(6)23)17(25)22-16(11(3)4)18(26)20-12(5)19(27)28/h10-12,14,16H,7-9H2,1-6H3,(H,20,26)(H,21,23)(H,22,25)(H,27,28)/t12-,14-,16-/m0/s1. The van der Waals surface area contributed by atoms with E-state index in [0.717, 1.165) is 0 Å². The lowest BCUT2D eigenvalue weighted by Gasteiger charge is -2.25. The fraction of sp³-hybridized carbons (Fsp3) is 0.737. The van der Waals surface area contributed by atoms with Crippen LogP contribution in [-0.4, -0.2) is 59.5 Å². The van der Waals surface area contributed by atoms with Crippen LogP contribution in [-0.2, 0) is 28.7 Å². The predicted molar refractivity (Wildman–Crippen MR) is 105 cm³/mol. The molecular weight excluding hydrogens is 382 g/mol. The molecule has 0 aliphatic rings. The van der Waals surface area contributed by atoms with E-state index in [9.17, 15) is 24.0 Å². The molecule has 10 nitrogen and oxygen atoms in total. The van der Waals surface area contributed by atoms with Crippen molar-refractivity contribution in [1.29, 1.82) is 0 Å². The maximum Gasteiger partial charge on any atom is 0.325 e. The van der Waals surface area contributed by atoms with Gasteiger partial charge in [-0.2, -0.15) is 0 Å². The van der Waals surface area contributed by atoms with Gasteiger partial charge in [0.1, 0.15) is 18.1 Å². The van der Waals surface area contributed by atoms with Crippen molar-refractivity contribution >= 4 is 29.7 Å². The average Bonchev–Trinajstić information content (AvgIpc) is 2.60. The van der Waals surface area contributed by atoms with E-state index >= 15 is 0 Å². The Morgan fingerprint density at radius 1 is 0.897 bits per heavy atom. The molecule has 0 rings (SSSR count). The first-order valence-corrected chi connectivity index (χ1v) is 9.61. The molecule has 29 heavy (non-hydrogen) atoms. The molecule has 0 aromatic carbocycles. The van der Waals surface area contributed by atoms with Crippen molar-refractivity contribution in [3.8, 4) is 0 Å². The molecule has 0 unspecified atom stereocenters. The number of carboxylic acid groups (broad SMARTS) is 1. The van der Waals surface area contributed by atoms with Crippen LogP contribution in [0.4, 0.5) is 0 Å². The third-order valence-corrected chi connectivity index (χ3v) is 3.88. The van der Waals surface area contributed by atoms with Crippen LogP contribution in [0, 0.1) is 11.8 Å². The highest BCUT2D eigenvalue weighted by Crippen LogP contribution is 2.07. The van der Waals surface area contributed by atoms with Gasteiger partial charge >= 0.3 is 11.9 Å². The molecule has 0 radical (unpaired) electrons. The molecule has 0 fully saturated rings. The summed E-state index contributed by atoms with van der Waals surface area (Å²) in [6.45, 7) is 9.96. The Balaban J connectivity index is 5.06. The van der Waals surface area contributed by atoms with Gasteiger partial charge in [0, 0.05) is 13.3 Å². The summed E-state index contributed by atoms with van der Waals surface area (Å²) in [6.07, 6.45) is -0.0834. The number of aliphatic carboxylic acids is 1. The Morgan fingerprint density at radius 3 is 1.93 bits per heavy atom. The molecule has 0 aliphatic heterocycles. The molecule has 0 saturated heterocycles. The number of amides is 3. The van der Waals surface area contributed by atoms with E-state index in [1.54, 1.807) is 13.8 Å². The smallest absolute Gasteiger partial charge is 0.325 e. The first kappa shape index (κ1) is 26.4. The van der Waals surface area contributed by atoms with Crippen LogP contribution in [0.25, 0.3) is 0 Å². The summed E-state index contributed by atoms with van der Waals surface area (Å²) in [6, 6.07) is -3.17. The predicted octanol–water partition coefficient (Wildman–Crippen LogP) is 0.201. The highest BCUT2D eigenvalue weighted by molar-refractivity contribution is 5.93. The van der Waals surface area contributed by atoms with Crippen molar-refractivity contribution in [2.75, 3.05) is 6.61 Å². The number of carboxylic acids is 1. The number of hydrogen-bond acceptors (Lipinski definition) is 6. The maximum absolute atomic E-state index is 12.6. The highest BCUT2D eigenvalue weighted by Gasteiger charge is 2.30. The van der Waals surface area contributed by atoms with E-state index in [1.807, 2.05) is 13.8 Å². The van der Waals surface area contributed by atoms with Gasteiger partial charge in [-0.1, -0.05) is 27.7 Å². The molecule has 0 spiro atoms. The lowest BCUT2D eigenvalue weighted by atomic mass is 10.0. The largest absolute Gasteiger partial charge is 0.480 e. The van der Waals surface area contributed by atoms with Crippen molar-refractivity contribution in [1.82, 2.24) is 16.0 Å². The minimum absolute atomic E-state index is 0.000302. The summed E-state index contributed by atoms with van der Waals surface area (Å²) in [5, 5.41) is 16.2. The Bertz CT molecular complexity index is 605. The molecule has 3 atom stereocenters. The SMILES string of the molecule is CC(=O)N[C@@H](CCC(=O)OCC(C)C)C(=O)N[C@H](C(=O)N[C@@H](C)C(=O)O)C(C)C. The van der Waals surface area contributed by atoms with Gasteiger partial charge in [0.05, 0.1) is 6.61 Å². The third-order valence-electron chi connectivity index (χ3n) is 3.88. The first-order chi connectivity index (χ1) is 13.3. The van der Waals surface area contributed by atoms with Gasteiger partial charge in [0.15, 0.2) is 0 Å². The Kier molecular flexibility index (Phi) is 11.6. The fourth-order valence-corrected chi connectivity index (χ4v) is 2.26. The molecule has 0 aliphatic carbocycles. The topological polar surface area (TPSA) is 151 Å². The summed E-state index contributed by atoms with van der Waals surface area (Å²) < 4.78 is 5.06. The zero-order chi connectivity index (χ0) is 22.7. The molecule has 166 valence electrons. The van der Waals surface area contributed by atoms with Gasteiger partial charge in [0.25, 0.3) is 0 Å². The monoisotopic (exact) mass is 415 g/mol. The number of rotatable bonds is 12. The normalized spacial score (nSPS) is 13.9. The first-order valence-electron chi connectivity index (χ1n) is 9.61. The zero-order valence-electron chi connectivity index (χ0n) is 17.9. The molecule has 0 heterocycles. The van der Waals surface area contributed by atoms with E-state index in [4.69, 9.17) is 9.84 Å². The van der Waals surface area contributed by atoms with Crippen LogP contribution in [0.15, 0.2) is 0 Å². The summed E-state index contributed by atoms with van der Waals surface area (Å²) in [5.74, 6) is -3.63. The van der Waals surface area contributed by atoms with Gasteiger partial charge in [-0.15, -0.1) is 0 Å². The summed E-state index contributed by atoms with van der Waals surface area (Å²) >= 11 is 0. The van der Waals surface area contributed by atoms with Crippen LogP contribution in [0.3, 0.4) is 0 Å². The van der Waals surface area contributed by atoms with Crippen LogP contribution >= 0.6 is 0 Å². The zero-order valence-corrected chi connectivity index (χ0v) is 17.9. The highest BCUT2D eigenvalue weighted by atomic mass is 16.5. The van der Waals surface area contributed by atoms with Crippen LogP contribution in [0.5, 0.6) is 0 Å². The van der Waals surface area contributed by atoms with Gasteiger partial charge in [-0.25, -0.2) is 0 Å². The number of carbonyl (C=O) groups excluding carboxylic acids is 4. The third kappa shape index (κ3) is 11.1. The number of ether oxygens (including phenoxy) is 1. The van der Waals surface area contributed by atoms with Crippen molar-refractivity contribution in [3.63, 3.8) is 0 Å². The molecule has 4 N–H and O–H groups in total. The van der Waals surface area contributed by atoms with E-state index in [1.165, 1.54) is 13.8 Å². The van der Waals surface area contributed by atoms with E-state index in [0.29, 0.717) is 0 Å². The molecule has 10 heteroatoms. The van der Waals surface area contributed by atoms with Crippen molar-refractivity contribution in [3.05, 3.63) is 0 Å². The van der Waals surface area contributed by atoms with Crippen LogP contribution < -0.4 is 16.0 Å². The van der Waals surface area contributed by atoms with Gasteiger partial charge in [-0.05, 0) is 25.2 Å². The summed E-state index contributed by atoms with van der Waals surface area (Å²) in [4.78, 5) is 59.1. The Hall–Kier alpha value is -2.65. The quantitative estimate of drug-likeness (QED) is 0.332. The number of esters is 1. The second kappa shape index (κ2) is 12.7. The minimum Gasteiger partial charge on any atom is -0.480 e. The van der Waals surface area contributed by atoms with Crippen molar-refractivity contribution in [2.24, 2.45) is 11.8 Å². The Labute approximate surface area is 171 Å². The lowest BCUT2D eigenvalue weighted by Crippen LogP contribution is -2.57. The fourth-order valence-electron chi connectivity index (χ4n) is 2.26. The number of nitrogens with one attached hydrogen (secondary N) is 3. The number of carbonyl (C=O) groups is 5. The van der Waals surface area contributed by atoms with Crippen LogP contribution in [0.2, 0.25) is 0 Å². The van der Waals surface area contributed by atoms with E-state index < -0.39 is 47.8 Å². The second-order valence-corrected chi connectivity index (χ2v) is 7.67. The van der Waals surface area contributed by atoms with Gasteiger partial charge in [0.2, 0.25) is 17.7 Å². The summed E-state index contributed by atoms with van der Waals surface area (Å²) in [5.41, 5.74) is 0. The molecule has 0 saturated carbocycles. The number of hydrogen-bond donors (Lipinski definition) is 4. The van der Waals surface area contributed by atoms with Crippen molar-refractivity contribution in [2.45, 2.75) is 72.5 Å².